The first-order valence-corrected chi connectivity index (χ1v) is 5.24. The van der Waals surface area contributed by atoms with E-state index in [1.54, 1.807) is 0 Å². The quantitative estimate of drug-likeness (QED) is 0.598. The summed E-state index contributed by atoms with van der Waals surface area (Å²) in [5.41, 5.74) is 0.916. The number of alkyl halides is 1. The van der Waals surface area contributed by atoms with E-state index in [0.717, 1.165) is 10.0 Å². The molecule has 0 aromatic heterocycles. The SMILES string of the molecule is O=NC(CCCl)c1ccc(Br)cc1. The minimum Gasteiger partial charge on any atom is -0.150 e. The molecule has 13 heavy (non-hydrogen) atoms. The molecule has 1 aromatic rings. The van der Waals surface area contributed by atoms with Crippen LogP contribution in [-0.4, -0.2) is 5.88 Å². The first-order valence-electron chi connectivity index (χ1n) is 3.92. The van der Waals surface area contributed by atoms with Gasteiger partial charge in [0.1, 0.15) is 6.04 Å². The molecule has 70 valence electrons. The fourth-order valence-corrected chi connectivity index (χ4v) is 1.54. The third-order valence-corrected chi connectivity index (χ3v) is 2.51. The van der Waals surface area contributed by atoms with Gasteiger partial charge < -0.3 is 0 Å². The van der Waals surface area contributed by atoms with Crippen molar-refractivity contribution in [3.05, 3.63) is 39.2 Å². The van der Waals surface area contributed by atoms with Gasteiger partial charge in [-0.25, -0.2) is 0 Å². The highest BCUT2D eigenvalue weighted by molar-refractivity contribution is 9.10. The van der Waals surface area contributed by atoms with Gasteiger partial charge in [-0.05, 0) is 24.1 Å². The fourth-order valence-electron chi connectivity index (χ4n) is 1.07. The summed E-state index contributed by atoms with van der Waals surface area (Å²) in [6.45, 7) is 0. The van der Waals surface area contributed by atoms with Crippen LogP contribution in [0.5, 0.6) is 0 Å². The Bertz CT molecular complexity index is 275. The lowest BCUT2D eigenvalue weighted by Crippen LogP contribution is -1.95. The maximum Gasteiger partial charge on any atom is 0.118 e. The predicted molar refractivity (Wildman–Crippen MR) is 58.0 cm³/mol. The molecule has 0 spiro atoms. The van der Waals surface area contributed by atoms with Crippen LogP contribution >= 0.6 is 27.5 Å². The second-order valence-corrected chi connectivity index (χ2v) is 3.94. The summed E-state index contributed by atoms with van der Waals surface area (Å²) in [6.07, 6.45) is 0.590. The lowest BCUT2D eigenvalue weighted by atomic mass is 10.1. The van der Waals surface area contributed by atoms with Crippen molar-refractivity contribution >= 4 is 27.5 Å². The van der Waals surface area contributed by atoms with Crippen LogP contribution in [0.1, 0.15) is 18.0 Å². The number of hydrogen-bond acceptors (Lipinski definition) is 2. The van der Waals surface area contributed by atoms with Crippen molar-refractivity contribution in [2.75, 3.05) is 5.88 Å². The number of halogens is 2. The second kappa shape index (κ2) is 5.35. The Morgan fingerprint density at radius 1 is 1.38 bits per heavy atom. The van der Waals surface area contributed by atoms with Gasteiger partial charge in [0.2, 0.25) is 0 Å². The molecule has 0 N–H and O–H groups in total. The molecule has 2 nitrogen and oxygen atoms in total. The average molecular weight is 263 g/mol. The topological polar surface area (TPSA) is 29.4 Å². The second-order valence-electron chi connectivity index (χ2n) is 2.65. The molecule has 4 heteroatoms. The highest BCUT2D eigenvalue weighted by atomic mass is 79.9. The van der Waals surface area contributed by atoms with Gasteiger partial charge >= 0.3 is 0 Å². The molecule has 0 radical (unpaired) electrons. The minimum atomic E-state index is -0.314. The third kappa shape index (κ3) is 3.08. The molecule has 0 bridgehead atoms. The Kier molecular flexibility index (Phi) is 4.39. The lowest BCUT2D eigenvalue weighted by Gasteiger charge is -2.06. The van der Waals surface area contributed by atoms with Crippen molar-refractivity contribution in [3.8, 4) is 0 Å². The van der Waals surface area contributed by atoms with Crippen molar-refractivity contribution in [1.29, 1.82) is 0 Å². The molecule has 0 heterocycles. The van der Waals surface area contributed by atoms with Gasteiger partial charge in [-0.3, -0.25) is 0 Å². The molecule has 1 aromatic carbocycles. The number of nitrogens with zero attached hydrogens (tertiary/aromatic N) is 1. The maximum absolute atomic E-state index is 10.5. The Balaban J connectivity index is 2.79. The molecule has 1 unspecified atom stereocenters. The number of rotatable bonds is 4. The lowest BCUT2D eigenvalue weighted by molar-refractivity contribution is 0.699. The van der Waals surface area contributed by atoms with E-state index in [2.05, 4.69) is 21.1 Å². The molecule has 0 saturated heterocycles. The molecular formula is C9H9BrClNO. The summed E-state index contributed by atoms with van der Waals surface area (Å²) in [4.78, 5) is 10.5. The van der Waals surface area contributed by atoms with Gasteiger partial charge in [-0.15, -0.1) is 11.6 Å². The Morgan fingerprint density at radius 3 is 2.46 bits per heavy atom. The molecule has 1 atom stereocenters. The van der Waals surface area contributed by atoms with Crippen molar-refractivity contribution in [1.82, 2.24) is 0 Å². The van der Waals surface area contributed by atoms with Crippen LogP contribution in [0.3, 0.4) is 0 Å². The largest absolute Gasteiger partial charge is 0.150 e. The fraction of sp³-hybridized carbons (Fsp3) is 0.333. The van der Waals surface area contributed by atoms with Gasteiger partial charge in [0.15, 0.2) is 0 Å². The molecule has 1 rings (SSSR count). The molecule has 0 fully saturated rings. The first kappa shape index (κ1) is 10.7. The van der Waals surface area contributed by atoms with Gasteiger partial charge in [-0.2, -0.15) is 4.91 Å². The zero-order valence-corrected chi connectivity index (χ0v) is 9.25. The van der Waals surface area contributed by atoms with Crippen molar-refractivity contribution < 1.29 is 0 Å². The highest BCUT2D eigenvalue weighted by Gasteiger charge is 2.09. The molecule has 0 aliphatic carbocycles. The van der Waals surface area contributed by atoms with E-state index >= 15 is 0 Å². The van der Waals surface area contributed by atoms with Crippen molar-refractivity contribution in [3.63, 3.8) is 0 Å². The Hall–Kier alpha value is -0.410. The van der Waals surface area contributed by atoms with E-state index in [1.165, 1.54) is 0 Å². The standard InChI is InChI=1S/C9H9BrClNO/c10-8-3-1-7(2-4-8)9(12-13)5-6-11/h1-4,9H,5-6H2. The van der Waals surface area contributed by atoms with Crippen LogP contribution in [0.15, 0.2) is 33.9 Å². The van der Waals surface area contributed by atoms with Crippen molar-refractivity contribution in [2.45, 2.75) is 12.5 Å². The van der Waals surface area contributed by atoms with Gasteiger partial charge in [-0.1, -0.05) is 33.2 Å². The first-order chi connectivity index (χ1) is 6.27. The van der Waals surface area contributed by atoms with E-state index in [9.17, 15) is 4.91 Å². The molecule has 0 aliphatic heterocycles. The van der Waals surface area contributed by atoms with E-state index < -0.39 is 0 Å². The predicted octanol–water partition coefficient (Wildman–Crippen LogP) is 3.89. The maximum atomic E-state index is 10.5. The zero-order chi connectivity index (χ0) is 9.68. The van der Waals surface area contributed by atoms with E-state index in [1.807, 2.05) is 24.3 Å². The number of nitroso groups, excluding NO2 is 1. The average Bonchev–Trinajstić information content (AvgIpc) is 2.16. The minimum absolute atomic E-state index is 0.314. The van der Waals surface area contributed by atoms with Crippen LogP contribution in [0.25, 0.3) is 0 Å². The number of benzene rings is 1. The van der Waals surface area contributed by atoms with E-state index in [0.29, 0.717) is 12.3 Å². The van der Waals surface area contributed by atoms with Crippen LogP contribution < -0.4 is 0 Å². The highest BCUT2D eigenvalue weighted by Crippen LogP contribution is 2.23. The van der Waals surface area contributed by atoms with Crippen LogP contribution in [0.4, 0.5) is 0 Å². The van der Waals surface area contributed by atoms with Gasteiger partial charge in [0, 0.05) is 10.4 Å². The van der Waals surface area contributed by atoms with Gasteiger partial charge in [0.05, 0.1) is 0 Å². The Morgan fingerprint density at radius 2 is 2.00 bits per heavy atom. The van der Waals surface area contributed by atoms with Crippen molar-refractivity contribution in [2.24, 2.45) is 5.18 Å². The molecule has 0 saturated carbocycles. The van der Waals surface area contributed by atoms with Crippen LogP contribution in [-0.2, 0) is 0 Å². The summed E-state index contributed by atoms with van der Waals surface area (Å²) in [5, 5.41) is 3.03. The molecular weight excluding hydrogens is 253 g/mol. The van der Waals surface area contributed by atoms with Gasteiger partial charge in [0.25, 0.3) is 0 Å². The monoisotopic (exact) mass is 261 g/mol. The smallest absolute Gasteiger partial charge is 0.118 e. The third-order valence-electron chi connectivity index (χ3n) is 1.76. The summed E-state index contributed by atoms with van der Waals surface area (Å²) in [6, 6.07) is 7.22. The summed E-state index contributed by atoms with van der Waals surface area (Å²) < 4.78 is 0.992. The van der Waals surface area contributed by atoms with E-state index in [-0.39, 0.29) is 6.04 Å². The molecule has 0 aliphatic rings. The number of hydrogen-bond donors (Lipinski definition) is 0. The summed E-state index contributed by atoms with van der Waals surface area (Å²) in [7, 11) is 0. The summed E-state index contributed by atoms with van der Waals surface area (Å²) >= 11 is 8.87. The summed E-state index contributed by atoms with van der Waals surface area (Å²) in [5.74, 6) is 0.451. The Labute approximate surface area is 90.4 Å². The normalized spacial score (nSPS) is 12.5. The molecule has 0 amide bonds. The van der Waals surface area contributed by atoms with E-state index in [4.69, 9.17) is 11.6 Å². The van der Waals surface area contributed by atoms with Crippen LogP contribution in [0, 0.1) is 4.91 Å². The van der Waals surface area contributed by atoms with Crippen LogP contribution in [0.2, 0.25) is 0 Å². The zero-order valence-electron chi connectivity index (χ0n) is 6.91.